The number of nitrogens with one attached hydrogen (secondary N) is 3. The first-order valence-electron chi connectivity index (χ1n) is 11.8. The number of rotatable bonds is 6. The van der Waals surface area contributed by atoms with Gasteiger partial charge in [0.05, 0.1) is 34.3 Å². The van der Waals surface area contributed by atoms with Crippen LogP contribution in [-0.2, 0) is 13.6 Å². The third kappa shape index (κ3) is 5.39. The number of likely N-dealkylation sites (tertiary alicyclic amines) is 1. The Morgan fingerprint density at radius 2 is 2.06 bits per heavy atom. The molecule has 3 heterocycles. The Balaban J connectivity index is 1.52. The lowest BCUT2D eigenvalue weighted by molar-refractivity contribution is -0.00518. The van der Waals surface area contributed by atoms with E-state index in [1.54, 1.807) is 30.0 Å². The quantitative estimate of drug-likeness (QED) is 0.393. The first-order chi connectivity index (χ1) is 15.5. The van der Waals surface area contributed by atoms with Gasteiger partial charge in [-0.1, -0.05) is 6.92 Å². The fourth-order valence-corrected chi connectivity index (χ4v) is 4.95. The smallest absolute Gasteiger partial charge is 0.328 e. The SMILES string of the molecule is CC1CN(C2NCC(Cl)C(Nc3ccc4c(c3)n(CCC(C)(C)O)c(=O)n4C)N2)CCC1O. The molecule has 184 valence electrons. The summed E-state index contributed by atoms with van der Waals surface area (Å²) in [6.45, 7) is 8.29. The molecule has 5 atom stereocenters. The van der Waals surface area contributed by atoms with Crippen LogP contribution in [0.3, 0.4) is 0 Å². The van der Waals surface area contributed by atoms with Crippen molar-refractivity contribution in [1.82, 2.24) is 24.7 Å². The number of alkyl halides is 1. The van der Waals surface area contributed by atoms with Crippen molar-refractivity contribution < 1.29 is 10.2 Å². The van der Waals surface area contributed by atoms with Crippen molar-refractivity contribution in [3.05, 3.63) is 28.7 Å². The molecule has 0 aliphatic carbocycles. The van der Waals surface area contributed by atoms with Gasteiger partial charge in [0.2, 0.25) is 0 Å². The number of halogens is 1. The summed E-state index contributed by atoms with van der Waals surface area (Å²) in [6, 6.07) is 5.88. The lowest BCUT2D eigenvalue weighted by atomic mass is 9.97. The highest BCUT2D eigenvalue weighted by molar-refractivity contribution is 6.21. The van der Waals surface area contributed by atoms with E-state index in [0.29, 0.717) is 19.5 Å². The molecular weight excluding hydrogens is 444 g/mol. The molecule has 2 saturated heterocycles. The van der Waals surface area contributed by atoms with Crippen LogP contribution in [0, 0.1) is 5.92 Å². The zero-order chi connectivity index (χ0) is 23.9. The Morgan fingerprint density at radius 1 is 1.30 bits per heavy atom. The Kier molecular flexibility index (Phi) is 7.10. The first kappa shape index (κ1) is 24.5. The maximum atomic E-state index is 12.8. The topological polar surface area (TPSA) is 107 Å². The second-order valence-corrected chi connectivity index (χ2v) is 10.8. The van der Waals surface area contributed by atoms with Gasteiger partial charge in [-0.2, -0.15) is 0 Å². The minimum absolute atomic E-state index is 0.0297. The summed E-state index contributed by atoms with van der Waals surface area (Å²) in [5.74, 6) is 0.226. The minimum atomic E-state index is -0.848. The molecule has 4 rings (SSSR count). The van der Waals surface area contributed by atoms with E-state index in [1.807, 2.05) is 18.2 Å². The fourth-order valence-electron chi connectivity index (χ4n) is 4.72. The standard InChI is InChI=1S/C23H37ClN6O3/c1-14-13-29(9-7-19(14)31)21-25-12-16(24)20(27-21)26-15-5-6-17-18(11-15)30(22(32)28(17)4)10-8-23(2,3)33/h5-6,11,14,16,19-21,25-27,31,33H,7-10,12-13H2,1-4H3. The van der Waals surface area contributed by atoms with E-state index in [-0.39, 0.29) is 35.5 Å². The zero-order valence-corrected chi connectivity index (χ0v) is 20.6. The van der Waals surface area contributed by atoms with E-state index < -0.39 is 5.60 Å². The number of fused-ring (bicyclic) bond motifs is 1. The number of hydrogen-bond acceptors (Lipinski definition) is 7. The normalized spacial score (nSPS) is 29.5. The van der Waals surface area contributed by atoms with Gasteiger partial charge in [0.15, 0.2) is 0 Å². The molecule has 0 bridgehead atoms. The molecule has 2 fully saturated rings. The van der Waals surface area contributed by atoms with Gasteiger partial charge in [-0.15, -0.1) is 11.6 Å². The van der Waals surface area contributed by atoms with Crippen molar-refractivity contribution in [1.29, 1.82) is 0 Å². The Labute approximate surface area is 199 Å². The molecule has 5 N–H and O–H groups in total. The molecule has 1 aromatic carbocycles. The monoisotopic (exact) mass is 480 g/mol. The molecule has 0 radical (unpaired) electrons. The number of benzene rings is 1. The second kappa shape index (κ2) is 9.56. The number of anilines is 1. The van der Waals surface area contributed by atoms with Gasteiger partial charge >= 0.3 is 5.69 Å². The number of nitrogens with zero attached hydrogens (tertiary/aromatic N) is 3. The van der Waals surface area contributed by atoms with Crippen molar-refractivity contribution in [3.63, 3.8) is 0 Å². The van der Waals surface area contributed by atoms with E-state index in [1.165, 1.54) is 0 Å². The summed E-state index contributed by atoms with van der Waals surface area (Å²) < 4.78 is 3.36. The molecule has 9 nitrogen and oxygen atoms in total. The third-order valence-electron chi connectivity index (χ3n) is 6.88. The van der Waals surface area contributed by atoms with Crippen molar-refractivity contribution in [2.75, 3.05) is 25.0 Å². The number of piperidine rings is 1. The number of aryl methyl sites for hydroxylation is 2. The molecule has 0 saturated carbocycles. The molecule has 0 amide bonds. The summed E-state index contributed by atoms with van der Waals surface area (Å²) in [7, 11) is 1.77. The van der Waals surface area contributed by atoms with E-state index in [0.717, 1.165) is 36.2 Å². The van der Waals surface area contributed by atoms with Crippen LogP contribution in [-0.4, -0.2) is 73.4 Å². The average molecular weight is 481 g/mol. The summed E-state index contributed by atoms with van der Waals surface area (Å²) >= 11 is 6.63. The fraction of sp³-hybridized carbons (Fsp3) is 0.696. The van der Waals surface area contributed by atoms with Crippen molar-refractivity contribution in [2.24, 2.45) is 13.0 Å². The van der Waals surface area contributed by atoms with Crippen molar-refractivity contribution >= 4 is 28.3 Å². The summed E-state index contributed by atoms with van der Waals surface area (Å²) in [5, 5.41) is 30.5. The summed E-state index contributed by atoms with van der Waals surface area (Å²) in [4.78, 5) is 15.1. The van der Waals surface area contributed by atoms with Crippen LogP contribution in [0.15, 0.2) is 23.0 Å². The molecular formula is C23H37ClN6O3. The van der Waals surface area contributed by atoms with Crippen LogP contribution < -0.4 is 21.6 Å². The Hall–Kier alpha value is -1.62. The molecule has 0 spiro atoms. The number of hydrogen-bond donors (Lipinski definition) is 5. The molecule has 5 unspecified atom stereocenters. The molecule has 33 heavy (non-hydrogen) atoms. The Morgan fingerprint density at radius 3 is 2.76 bits per heavy atom. The highest BCUT2D eigenvalue weighted by atomic mass is 35.5. The van der Waals surface area contributed by atoms with Crippen molar-refractivity contribution in [2.45, 2.75) is 69.7 Å². The van der Waals surface area contributed by atoms with Crippen LogP contribution in [0.1, 0.15) is 33.6 Å². The van der Waals surface area contributed by atoms with Gasteiger partial charge in [-0.25, -0.2) is 4.79 Å². The van der Waals surface area contributed by atoms with E-state index in [4.69, 9.17) is 11.6 Å². The molecule has 1 aromatic heterocycles. The lowest BCUT2D eigenvalue weighted by Gasteiger charge is -2.45. The molecule has 2 aliphatic rings. The maximum Gasteiger partial charge on any atom is 0.328 e. The van der Waals surface area contributed by atoms with E-state index in [9.17, 15) is 15.0 Å². The van der Waals surface area contributed by atoms with Crippen LogP contribution in [0.25, 0.3) is 11.0 Å². The highest BCUT2D eigenvalue weighted by Crippen LogP contribution is 2.23. The van der Waals surface area contributed by atoms with Crippen LogP contribution in [0.5, 0.6) is 0 Å². The van der Waals surface area contributed by atoms with E-state index >= 15 is 0 Å². The van der Waals surface area contributed by atoms with Gasteiger partial charge in [0.25, 0.3) is 0 Å². The van der Waals surface area contributed by atoms with Gasteiger partial charge < -0.3 is 15.5 Å². The predicted octanol–water partition coefficient (Wildman–Crippen LogP) is 1.03. The third-order valence-corrected chi connectivity index (χ3v) is 7.28. The number of aliphatic hydroxyl groups is 2. The number of imidazole rings is 1. The van der Waals surface area contributed by atoms with E-state index in [2.05, 4.69) is 27.8 Å². The maximum absolute atomic E-state index is 12.8. The van der Waals surface area contributed by atoms with Crippen LogP contribution in [0.2, 0.25) is 0 Å². The lowest BCUT2D eigenvalue weighted by Crippen LogP contribution is -2.69. The van der Waals surface area contributed by atoms with Crippen molar-refractivity contribution in [3.8, 4) is 0 Å². The van der Waals surface area contributed by atoms with Gasteiger partial charge in [0, 0.05) is 38.9 Å². The van der Waals surface area contributed by atoms with Crippen LogP contribution >= 0.6 is 11.6 Å². The first-order valence-corrected chi connectivity index (χ1v) is 12.2. The average Bonchev–Trinajstić information content (AvgIpc) is 2.99. The highest BCUT2D eigenvalue weighted by Gasteiger charge is 2.34. The predicted molar refractivity (Wildman–Crippen MR) is 131 cm³/mol. The Bertz CT molecular complexity index is 1030. The second-order valence-electron chi connectivity index (χ2n) is 10.2. The van der Waals surface area contributed by atoms with Gasteiger partial charge in [-0.05, 0) is 50.8 Å². The summed E-state index contributed by atoms with van der Waals surface area (Å²) in [5.41, 5.74) is 1.60. The number of aromatic nitrogens is 2. The van der Waals surface area contributed by atoms with Gasteiger partial charge in [0.1, 0.15) is 6.29 Å². The molecule has 10 heteroatoms. The zero-order valence-electron chi connectivity index (χ0n) is 19.9. The largest absolute Gasteiger partial charge is 0.393 e. The van der Waals surface area contributed by atoms with Crippen LogP contribution in [0.4, 0.5) is 5.69 Å². The summed E-state index contributed by atoms with van der Waals surface area (Å²) in [6.07, 6.45) is 0.797. The number of aliphatic hydroxyl groups excluding tert-OH is 1. The molecule has 2 aliphatic heterocycles. The minimum Gasteiger partial charge on any atom is -0.393 e. The molecule has 2 aromatic rings. The van der Waals surface area contributed by atoms with Gasteiger partial charge in [-0.3, -0.25) is 24.7 Å².